The summed E-state index contributed by atoms with van der Waals surface area (Å²) in [4.78, 5) is 46.8. The minimum absolute atomic E-state index is 0.337. The Morgan fingerprint density at radius 3 is 1.97 bits per heavy atom. The number of rotatable bonds is 13. The van der Waals surface area contributed by atoms with Gasteiger partial charge < -0.3 is 24.3 Å². The van der Waals surface area contributed by atoms with Crippen molar-refractivity contribution in [3.63, 3.8) is 0 Å². The Balaban J connectivity index is 2.86. The summed E-state index contributed by atoms with van der Waals surface area (Å²) in [6.07, 6.45) is 1.86. The molecule has 190 valence electrons. The SMILES string of the molecule is CCCCCCCCNC(=O)CS(=O)(=O)[C@@H]1OC[C@@H](OC(C)=O)[C@@H](OC(C)=O)[C@@H]1OC(C)=O. The largest absolute Gasteiger partial charge is 0.456 e. The van der Waals surface area contributed by atoms with Gasteiger partial charge in [0.05, 0.1) is 6.61 Å². The van der Waals surface area contributed by atoms with Crippen molar-refractivity contribution in [2.75, 3.05) is 18.9 Å². The Labute approximate surface area is 194 Å². The van der Waals surface area contributed by atoms with Crippen LogP contribution in [0, 0.1) is 0 Å². The molecule has 1 aliphatic rings. The van der Waals surface area contributed by atoms with E-state index in [1.165, 1.54) is 0 Å². The first-order valence-electron chi connectivity index (χ1n) is 11.1. The fraction of sp³-hybridized carbons (Fsp3) is 0.810. The minimum Gasteiger partial charge on any atom is -0.456 e. The lowest BCUT2D eigenvalue weighted by Crippen LogP contribution is -2.60. The molecule has 1 heterocycles. The van der Waals surface area contributed by atoms with Crippen molar-refractivity contribution in [3.05, 3.63) is 0 Å². The highest BCUT2D eigenvalue weighted by atomic mass is 32.2. The Morgan fingerprint density at radius 2 is 1.39 bits per heavy atom. The molecule has 0 aromatic rings. The third-order valence-corrected chi connectivity index (χ3v) is 6.62. The number of esters is 3. The van der Waals surface area contributed by atoms with E-state index in [0.29, 0.717) is 6.54 Å². The van der Waals surface area contributed by atoms with Crippen LogP contribution in [-0.4, -0.2) is 74.9 Å². The molecule has 1 N–H and O–H groups in total. The van der Waals surface area contributed by atoms with Crippen LogP contribution in [0.3, 0.4) is 0 Å². The third kappa shape index (κ3) is 10.5. The predicted molar refractivity (Wildman–Crippen MR) is 117 cm³/mol. The molecule has 0 aromatic carbocycles. The Bertz CT molecular complexity index is 782. The van der Waals surface area contributed by atoms with E-state index in [1.807, 2.05) is 0 Å². The summed E-state index contributed by atoms with van der Waals surface area (Å²) < 4.78 is 46.5. The number of unbranched alkanes of at least 4 members (excludes halogenated alkanes) is 5. The smallest absolute Gasteiger partial charge is 0.303 e. The number of hydrogen-bond acceptors (Lipinski definition) is 10. The number of hydrogen-bond donors (Lipinski definition) is 1. The first-order chi connectivity index (χ1) is 15.5. The second-order valence-electron chi connectivity index (χ2n) is 7.92. The highest BCUT2D eigenvalue weighted by Gasteiger charge is 2.52. The Kier molecular flexibility index (Phi) is 12.3. The number of sulfone groups is 1. The van der Waals surface area contributed by atoms with Crippen LogP contribution < -0.4 is 5.32 Å². The van der Waals surface area contributed by atoms with Gasteiger partial charge in [-0.05, 0) is 6.42 Å². The zero-order chi connectivity index (χ0) is 25.0. The summed E-state index contributed by atoms with van der Waals surface area (Å²) in [7, 11) is -4.30. The van der Waals surface area contributed by atoms with E-state index in [2.05, 4.69) is 12.2 Å². The normalized spacial score (nSPS) is 22.8. The van der Waals surface area contributed by atoms with Gasteiger partial charge in [-0.25, -0.2) is 8.42 Å². The molecule has 4 atom stereocenters. The van der Waals surface area contributed by atoms with E-state index in [1.54, 1.807) is 0 Å². The maximum Gasteiger partial charge on any atom is 0.303 e. The summed E-state index contributed by atoms with van der Waals surface area (Å²) >= 11 is 0. The van der Waals surface area contributed by atoms with E-state index >= 15 is 0 Å². The molecular weight excluding hydrogens is 458 g/mol. The van der Waals surface area contributed by atoms with Gasteiger partial charge in [0, 0.05) is 27.3 Å². The lowest BCUT2D eigenvalue weighted by atomic mass is 10.1. The van der Waals surface area contributed by atoms with Gasteiger partial charge in [-0.1, -0.05) is 39.0 Å². The van der Waals surface area contributed by atoms with Crippen molar-refractivity contribution < 1.29 is 46.5 Å². The number of amides is 1. The maximum absolute atomic E-state index is 12.9. The molecule has 0 radical (unpaired) electrons. The van der Waals surface area contributed by atoms with E-state index in [0.717, 1.165) is 59.3 Å². The lowest BCUT2D eigenvalue weighted by Gasteiger charge is -2.39. The molecule has 1 rings (SSSR count). The summed E-state index contributed by atoms with van der Waals surface area (Å²) in [5.41, 5.74) is -1.78. The first-order valence-corrected chi connectivity index (χ1v) is 12.8. The number of ether oxygens (including phenoxy) is 4. The Morgan fingerprint density at radius 1 is 0.848 bits per heavy atom. The van der Waals surface area contributed by atoms with Gasteiger partial charge in [-0.3, -0.25) is 19.2 Å². The van der Waals surface area contributed by atoms with Crippen molar-refractivity contribution in [3.8, 4) is 0 Å². The molecule has 0 spiro atoms. The summed E-state index contributed by atoms with van der Waals surface area (Å²) in [5.74, 6) is -4.02. The highest BCUT2D eigenvalue weighted by Crippen LogP contribution is 2.28. The van der Waals surface area contributed by atoms with Gasteiger partial charge in [0.1, 0.15) is 5.75 Å². The third-order valence-electron chi connectivity index (χ3n) is 4.84. The second-order valence-corrected chi connectivity index (χ2v) is 10.0. The van der Waals surface area contributed by atoms with Crippen LogP contribution in [0.4, 0.5) is 0 Å². The van der Waals surface area contributed by atoms with Gasteiger partial charge in [-0.15, -0.1) is 0 Å². The molecule has 0 aliphatic carbocycles. The van der Waals surface area contributed by atoms with Crippen molar-refractivity contribution in [2.45, 2.75) is 90.0 Å². The topological polar surface area (TPSA) is 151 Å². The first kappa shape index (κ1) is 28.8. The standard InChI is InChI=1S/C21H35NO10S/c1-5-6-7-8-9-10-11-22-18(26)13-33(27,28)21-20(32-16(4)25)19(31-15(3)24)17(12-29-21)30-14(2)23/h17,19-21H,5-13H2,1-4H3,(H,22,26)/t17-,19-,20+,21+/m1/s1. The molecule has 0 aromatic heterocycles. The zero-order valence-corrected chi connectivity index (χ0v) is 20.5. The molecule has 0 unspecified atom stereocenters. The van der Waals surface area contributed by atoms with Gasteiger partial charge in [0.15, 0.2) is 33.6 Å². The Hall–Kier alpha value is -2.21. The number of carbonyl (C=O) groups excluding carboxylic acids is 4. The van der Waals surface area contributed by atoms with Crippen LogP contribution in [0.1, 0.15) is 66.2 Å². The monoisotopic (exact) mass is 493 g/mol. The summed E-state index contributed by atoms with van der Waals surface area (Å²) in [5, 5.41) is 2.57. The molecule has 0 saturated carbocycles. The van der Waals surface area contributed by atoms with Crippen LogP contribution in [0.25, 0.3) is 0 Å². The fourth-order valence-corrected chi connectivity index (χ4v) is 5.00. The van der Waals surface area contributed by atoms with Crippen molar-refractivity contribution in [2.24, 2.45) is 0 Å². The summed E-state index contributed by atoms with van der Waals surface area (Å²) in [6, 6.07) is 0. The van der Waals surface area contributed by atoms with Gasteiger partial charge >= 0.3 is 17.9 Å². The van der Waals surface area contributed by atoms with Crippen molar-refractivity contribution in [1.82, 2.24) is 5.32 Å². The zero-order valence-electron chi connectivity index (χ0n) is 19.7. The lowest BCUT2D eigenvalue weighted by molar-refractivity contribution is -0.214. The quantitative estimate of drug-likeness (QED) is 0.224. The van der Waals surface area contributed by atoms with Crippen LogP contribution in [-0.2, 0) is 48.0 Å². The molecular formula is C21H35NO10S. The second kappa shape index (κ2) is 14.1. The van der Waals surface area contributed by atoms with Crippen molar-refractivity contribution in [1.29, 1.82) is 0 Å². The number of nitrogens with one attached hydrogen (secondary N) is 1. The average Bonchev–Trinajstić information content (AvgIpc) is 2.68. The van der Waals surface area contributed by atoms with Crippen LogP contribution >= 0.6 is 0 Å². The van der Waals surface area contributed by atoms with Gasteiger partial charge in [0.25, 0.3) is 0 Å². The molecule has 12 heteroatoms. The minimum atomic E-state index is -4.30. The molecule has 33 heavy (non-hydrogen) atoms. The predicted octanol–water partition coefficient (Wildman–Crippen LogP) is 1.03. The van der Waals surface area contributed by atoms with E-state index in [-0.39, 0.29) is 0 Å². The van der Waals surface area contributed by atoms with Gasteiger partial charge in [0.2, 0.25) is 5.91 Å². The summed E-state index contributed by atoms with van der Waals surface area (Å²) in [6.45, 7) is 5.25. The molecule has 1 aliphatic heterocycles. The molecule has 0 bridgehead atoms. The van der Waals surface area contributed by atoms with Crippen LogP contribution in [0.2, 0.25) is 0 Å². The fourth-order valence-electron chi connectivity index (χ4n) is 3.47. The molecule has 1 fully saturated rings. The van der Waals surface area contributed by atoms with E-state index in [9.17, 15) is 27.6 Å². The van der Waals surface area contributed by atoms with E-state index in [4.69, 9.17) is 18.9 Å². The van der Waals surface area contributed by atoms with Crippen LogP contribution in [0.15, 0.2) is 0 Å². The number of carbonyl (C=O) groups is 4. The maximum atomic E-state index is 12.9. The average molecular weight is 494 g/mol. The highest BCUT2D eigenvalue weighted by molar-refractivity contribution is 7.92. The van der Waals surface area contributed by atoms with Crippen LogP contribution in [0.5, 0.6) is 0 Å². The van der Waals surface area contributed by atoms with Gasteiger partial charge in [-0.2, -0.15) is 0 Å². The molecule has 11 nitrogen and oxygen atoms in total. The van der Waals surface area contributed by atoms with Crippen molar-refractivity contribution >= 4 is 33.7 Å². The van der Waals surface area contributed by atoms with E-state index < -0.39 is 69.8 Å². The molecule has 1 amide bonds. The molecule has 1 saturated heterocycles.